The third-order valence-corrected chi connectivity index (χ3v) is 2.20. The zero-order valence-electron chi connectivity index (χ0n) is 9.28. The number of hydrogen-bond acceptors (Lipinski definition) is 2. The number of nitrogens with zero attached hydrogens (tertiary/aromatic N) is 3. The maximum atomic E-state index is 5.55. The number of rotatable bonds is 1. The highest BCUT2D eigenvalue weighted by molar-refractivity contribution is 5.53. The molecule has 0 aliphatic heterocycles. The fourth-order valence-electron chi connectivity index (χ4n) is 1.64. The fourth-order valence-corrected chi connectivity index (χ4v) is 1.64. The lowest BCUT2D eigenvalue weighted by Crippen LogP contribution is -3.00. The monoisotopic (exact) mass is 227 g/mol. The van der Waals surface area contributed by atoms with Gasteiger partial charge in [0.05, 0.1) is 19.8 Å². The summed E-state index contributed by atoms with van der Waals surface area (Å²) in [4.78, 5) is 4.25. The summed E-state index contributed by atoms with van der Waals surface area (Å²) in [5, 5.41) is 0. The first-order valence-electron chi connectivity index (χ1n) is 4.54. The SMILES string of the molecule is Cc1nc(C)c(-c2c[n+](C)cn2C)o1.[Cl-]. The second kappa shape index (κ2) is 4.06. The predicted molar refractivity (Wildman–Crippen MR) is 51.6 cm³/mol. The molecule has 0 amide bonds. The number of imidazole rings is 1. The molecular formula is C10H14ClN3O. The van der Waals surface area contributed by atoms with E-state index >= 15 is 0 Å². The highest BCUT2D eigenvalue weighted by atomic mass is 35.5. The highest BCUT2D eigenvalue weighted by Gasteiger charge is 2.18. The van der Waals surface area contributed by atoms with Gasteiger partial charge in [0.1, 0.15) is 6.20 Å². The Morgan fingerprint density at radius 1 is 1.40 bits per heavy atom. The van der Waals surface area contributed by atoms with Gasteiger partial charge in [0.2, 0.25) is 17.8 Å². The summed E-state index contributed by atoms with van der Waals surface area (Å²) in [7, 11) is 3.98. The topological polar surface area (TPSA) is 34.8 Å². The van der Waals surface area contributed by atoms with Crippen molar-refractivity contribution in [1.29, 1.82) is 0 Å². The summed E-state index contributed by atoms with van der Waals surface area (Å²) >= 11 is 0. The molecule has 2 heterocycles. The Labute approximate surface area is 95.0 Å². The molecule has 0 bridgehead atoms. The van der Waals surface area contributed by atoms with Crippen molar-refractivity contribution in [2.75, 3.05) is 0 Å². The van der Waals surface area contributed by atoms with Crippen molar-refractivity contribution in [2.45, 2.75) is 13.8 Å². The molecule has 0 aliphatic carbocycles. The molecule has 2 aromatic rings. The normalized spacial score (nSPS) is 10.1. The molecule has 15 heavy (non-hydrogen) atoms. The minimum atomic E-state index is 0. The zero-order valence-corrected chi connectivity index (χ0v) is 10.0. The molecule has 0 radical (unpaired) electrons. The first-order chi connectivity index (χ1) is 6.58. The number of aromatic nitrogens is 3. The largest absolute Gasteiger partial charge is 1.00 e. The van der Waals surface area contributed by atoms with E-state index in [0.29, 0.717) is 5.89 Å². The van der Waals surface area contributed by atoms with Crippen molar-refractivity contribution in [1.82, 2.24) is 9.55 Å². The van der Waals surface area contributed by atoms with Crippen LogP contribution in [0.3, 0.4) is 0 Å². The van der Waals surface area contributed by atoms with Crippen LogP contribution in [0.2, 0.25) is 0 Å². The van der Waals surface area contributed by atoms with Gasteiger partial charge in [-0.25, -0.2) is 14.1 Å². The second-order valence-corrected chi connectivity index (χ2v) is 3.55. The van der Waals surface area contributed by atoms with Gasteiger partial charge in [0, 0.05) is 6.92 Å². The van der Waals surface area contributed by atoms with Crippen LogP contribution in [0.4, 0.5) is 0 Å². The molecule has 0 atom stereocenters. The number of halogens is 1. The molecule has 0 N–H and O–H groups in total. The molecular weight excluding hydrogens is 214 g/mol. The van der Waals surface area contributed by atoms with Gasteiger partial charge in [0.25, 0.3) is 0 Å². The summed E-state index contributed by atoms with van der Waals surface area (Å²) in [6, 6.07) is 0. The van der Waals surface area contributed by atoms with E-state index in [1.54, 1.807) is 0 Å². The minimum absolute atomic E-state index is 0. The van der Waals surface area contributed by atoms with Crippen molar-refractivity contribution >= 4 is 0 Å². The molecule has 0 saturated carbocycles. The number of aryl methyl sites for hydroxylation is 4. The van der Waals surface area contributed by atoms with Crippen LogP contribution in [0, 0.1) is 13.8 Å². The summed E-state index contributed by atoms with van der Waals surface area (Å²) in [6.45, 7) is 3.82. The molecule has 0 saturated heterocycles. The second-order valence-electron chi connectivity index (χ2n) is 3.55. The maximum Gasteiger partial charge on any atom is 0.243 e. The standard InChI is InChI=1S/C10H14N3O.ClH/c1-7-10(14-8(2)11-7)9-5-12(3)6-13(9)4;/h5-6H,1-4H3;1H/q+1;/p-1. The maximum absolute atomic E-state index is 5.55. The number of hydrogen-bond donors (Lipinski definition) is 0. The van der Waals surface area contributed by atoms with Gasteiger partial charge in [-0.05, 0) is 6.92 Å². The van der Waals surface area contributed by atoms with E-state index in [9.17, 15) is 0 Å². The molecule has 4 nitrogen and oxygen atoms in total. The summed E-state index contributed by atoms with van der Waals surface area (Å²) in [5.74, 6) is 1.56. The average Bonchev–Trinajstić information content (AvgIpc) is 2.55. The lowest BCUT2D eigenvalue weighted by atomic mass is 10.3. The van der Waals surface area contributed by atoms with E-state index in [-0.39, 0.29) is 12.4 Å². The Morgan fingerprint density at radius 3 is 2.47 bits per heavy atom. The van der Waals surface area contributed by atoms with Crippen LogP contribution in [0.25, 0.3) is 11.5 Å². The predicted octanol–water partition coefficient (Wildman–Crippen LogP) is -1.87. The quantitative estimate of drug-likeness (QED) is 0.535. The zero-order chi connectivity index (χ0) is 10.3. The van der Waals surface area contributed by atoms with Gasteiger partial charge < -0.3 is 16.8 Å². The van der Waals surface area contributed by atoms with Crippen molar-refractivity contribution in [3.63, 3.8) is 0 Å². The Balaban J connectivity index is 0.00000112. The third-order valence-electron chi connectivity index (χ3n) is 2.20. The molecule has 0 spiro atoms. The Morgan fingerprint density at radius 2 is 2.07 bits per heavy atom. The van der Waals surface area contributed by atoms with Gasteiger partial charge in [-0.15, -0.1) is 0 Å². The van der Waals surface area contributed by atoms with E-state index in [1.807, 2.05) is 49.6 Å². The van der Waals surface area contributed by atoms with E-state index in [0.717, 1.165) is 17.1 Å². The summed E-state index contributed by atoms with van der Waals surface area (Å²) in [5.41, 5.74) is 1.98. The molecule has 0 fully saturated rings. The van der Waals surface area contributed by atoms with Gasteiger partial charge in [-0.2, -0.15) is 0 Å². The highest BCUT2D eigenvalue weighted by Crippen LogP contribution is 2.22. The van der Waals surface area contributed by atoms with Crippen LogP contribution in [-0.4, -0.2) is 9.55 Å². The smallest absolute Gasteiger partial charge is 0.243 e. The van der Waals surface area contributed by atoms with Gasteiger partial charge in [0.15, 0.2) is 5.89 Å². The molecule has 0 unspecified atom stereocenters. The average molecular weight is 228 g/mol. The third kappa shape index (κ3) is 2.04. The fraction of sp³-hybridized carbons (Fsp3) is 0.400. The lowest BCUT2D eigenvalue weighted by molar-refractivity contribution is -0.670. The Kier molecular flexibility index (Phi) is 3.19. The lowest BCUT2D eigenvalue weighted by Gasteiger charge is -1.90. The van der Waals surface area contributed by atoms with Crippen molar-refractivity contribution < 1.29 is 21.4 Å². The first kappa shape index (κ1) is 11.8. The molecule has 2 aromatic heterocycles. The Hall–Kier alpha value is -1.29. The summed E-state index contributed by atoms with van der Waals surface area (Å²) in [6.07, 6.45) is 4.01. The van der Waals surface area contributed by atoms with Gasteiger partial charge in [-0.3, -0.25) is 0 Å². The van der Waals surface area contributed by atoms with E-state index in [4.69, 9.17) is 4.42 Å². The molecule has 0 aliphatic rings. The van der Waals surface area contributed by atoms with Crippen LogP contribution in [0.15, 0.2) is 16.9 Å². The van der Waals surface area contributed by atoms with Crippen LogP contribution in [-0.2, 0) is 14.1 Å². The van der Waals surface area contributed by atoms with Crippen molar-refractivity contribution in [3.05, 3.63) is 24.1 Å². The van der Waals surface area contributed by atoms with Crippen molar-refractivity contribution in [2.24, 2.45) is 14.1 Å². The number of oxazole rings is 1. The van der Waals surface area contributed by atoms with Crippen LogP contribution in [0.1, 0.15) is 11.6 Å². The van der Waals surface area contributed by atoms with Crippen LogP contribution < -0.4 is 17.0 Å². The van der Waals surface area contributed by atoms with E-state index in [1.165, 1.54) is 0 Å². The van der Waals surface area contributed by atoms with Gasteiger partial charge >= 0.3 is 0 Å². The van der Waals surface area contributed by atoms with E-state index in [2.05, 4.69) is 4.98 Å². The Bertz CT molecular complexity index is 429. The van der Waals surface area contributed by atoms with Crippen molar-refractivity contribution in [3.8, 4) is 11.5 Å². The first-order valence-corrected chi connectivity index (χ1v) is 4.54. The molecule has 2 rings (SSSR count). The summed E-state index contributed by atoms with van der Waals surface area (Å²) < 4.78 is 9.56. The van der Waals surface area contributed by atoms with Crippen LogP contribution >= 0.6 is 0 Å². The van der Waals surface area contributed by atoms with E-state index < -0.39 is 0 Å². The molecule has 5 heteroatoms. The minimum Gasteiger partial charge on any atom is -1.00 e. The van der Waals surface area contributed by atoms with Crippen LogP contribution in [0.5, 0.6) is 0 Å². The van der Waals surface area contributed by atoms with Gasteiger partial charge in [-0.1, -0.05) is 0 Å². The molecule has 0 aromatic carbocycles. The molecule has 82 valence electrons.